The number of oxazole rings is 1. The molecule has 0 spiro atoms. The van der Waals surface area contributed by atoms with E-state index >= 15 is 0 Å². The van der Waals surface area contributed by atoms with Gasteiger partial charge in [-0.15, -0.1) is 0 Å². The Morgan fingerprint density at radius 2 is 1.83 bits per heavy atom. The molecular formula is C23H24ClN3O3. The molecule has 7 heteroatoms. The number of amides is 2. The van der Waals surface area contributed by atoms with Crippen LogP contribution in [0.25, 0.3) is 11.1 Å². The van der Waals surface area contributed by atoms with Gasteiger partial charge < -0.3 is 14.6 Å². The van der Waals surface area contributed by atoms with Crippen LogP contribution in [0.1, 0.15) is 47.8 Å². The number of piperidine rings is 1. The number of hydrogen-bond donors (Lipinski definition) is 1. The lowest BCUT2D eigenvalue weighted by Crippen LogP contribution is -2.38. The zero-order valence-corrected chi connectivity index (χ0v) is 17.4. The second-order valence-electron chi connectivity index (χ2n) is 7.54. The quantitative estimate of drug-likeness (QED) is 0.594. The van der Waals surface area contributed by atoms with Crippen molar-refractivity contribution in [3.05, 3.63) is 65.0 Å². The Morgan fingerprint density at radius 3 is 2.57 bits per heavy atom. The van der Waals surface area contributed by atoms with Gasteiger partial charge in [0.05, 0.1) is 0 Å². The number of hydrogen-bond acceptors (Lipinski definition) is 4. The first-order valence-corrected chi connectivity index (χ1v) is 10.6. The largest absolute Gasteiger partial charge is 0.440 e. The maximum absolute atomic E-state index is 12.5. The van der Waals surface area contributed by atoms with Crippen LogP contribution in [0.3, 0.4) is 0 Å². The van der Waals surface area contributed by atoms with Gasteiger partial charge in [-0.25, -0.2) is 4.98 Å². The predicted molar refractivity (Wildman–Crippen MR) is 116 cm³/mol. The molecule has 0 radical (unpaired) electrons. The van der Waals surface area contributed by atoms with Crippen LogP contribution in [-0.4, -0.2) is 41.3 Å². The Bertz CT molecular complexity index is 991. The van der Waals surface area contributed by atoms with Crippen molar-refractivity contribution < 1.29 is 14.0 Å². The fourth-order valence-corrected chi connectivity index (χ4v) is 3.87. The number of fused-ring (bicyclic) bond motifs is 1. The summed E-state index contributed by atoms with van der Waals surface area (Å²) in [6.45, 7) is 1.88. The Hall–Kier alpha value is -2.86. The van der Waals surface area contributed by atoms with E-state index in [9.17, 15) is 9.59 Å². The number of nitrogens with zero attached hydrogens (tertiary/aromatic N) is 2. The van der Waals surface area contributed by atoms with E-state index in [-0.39, 0.29) is 17.7 Å². The molecule has 30 heavy (non-hydrogen) atoms. The molecule has 1 saturated heterocycles. The number of carbonyl (C=O) groups excluding carboxylic acids is 2. The number of aromatic nitrogens is 1. The third kappa shape index (κ3) is 4.82. The van der Waals surface area contributed by atoms with Crippen LogP contribution in [0.4, 0.5) is 0 Å². The summed E-state index contributed by atoms with van der Waals surface area (Å²) in [5.74, 6) is 0.998. The van der Waals surface area contributed by atoms with Crippen LogP contribution in [0.2, 0.25) is 5.02 Å². The van der Waals surface area contributed by atoms with E-state index in [1.807, 2.05) is 29.2 Å². The van der Waals surface area contributed by atoms with Crippen molar-refractivity contribution in [3.8, 4) is 0 Å². The van der Waals surface area contributed by atoms with Crippen molar-refractivity contribution in [1.29, 1.82) is 0 Å². The molecule has 2 amide bonds. The lowest BCUT2D eigenvalue weighted by molar-refractivity contribution is -0.132. The Kier molecular flexibility index (Phi) is 6.33. The number of para-hydroxylation sites is 2. The fraction of sp³-hybridized carbons (Fsp3) is 0.348. The second-order valence-corrected chi connectivity index (χ2v) is 7.98. The van der Waals surface area contributed by atoms with Crippen LogP contribution in [0, 0.1) is 0 Å². The molecule has 6 nitrogen and oxygen atoms in total. The molecule has 0 saturated carbocycles. The van der Waals surface area contributed by atoms with Crippen molar-refractivity contribution in [1.82, 2.24) is 15.2 Å². The van der Waals surface area contributed by atoms with Gasteiger partial charge in [0.2, 0.25) is 5.91 Å². The zero-order valence-electron chi connectivity index (χ0n) is 16.6. The number of nitrogens with one attached hydrogen (secondary N) is 1. The third-order valence-corrected chi connectivity index (χ3v) is 5.72. The van der Waals surface area contributed by atoms with E-state index in [2.05, 4.69) is 10.3 Å². The summed E-state index contributed by atoms with van der Waals surface area (Å²) in [5.41, 5.74) is 2.25. The van der Waals surface area contributed by atoms with Gasteiger partial charge >= 0.3 is 0 Å². The molecule has 0 aliphatic carbocycles. The summed E-state index contributed by atoms with van der Waals surface area (Å²) in [6.07, 6.45) is 2.75. The summed E-state index contributed by atoms with van der Waals surface area (Å²) < 4.78 is 5.89. The highest BCUT2D eigenvalue weighted by Gasteiger charge is 2.26. The molecule has 1 N–H and O–H groups in total. The highest BCUT2D eigenvalue weighted by molar-refractivity contribution is 6.30. The summed E-state index contributed by atoms with van der Waals surface area (Å²) in [7, 11) is 0. The van der Waals surface area contributed by atoms with Crippen LogP contribution >= 0.6 is 11.6 Å². The number of benzene rings is 2. The molecule has 1 aliphatic rings. The lowest BCUT2D eigenvalue weighted by atomic mass is 9.96. The summed E-state index contributed by atoms with van der Waals surface area (Å²) in [6, 6.07) is 14.5. The van der Waals surface area contributed by atoms with Crippen molar-refractivity contribution in [2.24, 2.45) is 0 Å². The van der Waals surface area contributed by atoms with Crippen LogP contribution < -0.4 is 5.32 Å². The number of likely N-dealkylation sites (tertiary alicyclic amines) is 1. The maximum atomic E-state index is 12.5. The molecule has 156 valence electrons. The van der Waals surface area contributed by atoms with Crippen LogP contribution in [0.5, 0.6) is 0 Å². The first kappa shape index (κ1) is 20.4. The molecular weight excluding hydrogens is 402 g/mol. The van der Waals surface area contributed by atoms with Crippen LogP contribution in [-0.2, 0) is 4.79 Å². The summed E-state index contributed by atoms with van der Waals surface area (Å²) in [5, 5.41) is 3.44. The minimum atomic E-state index is -0.154. The van der Waals surface area contributed by atoms with E-state index in [0.29, 0.717) is 43.1 Å². The molecule has 0 bridgehead atoms. The molecule has 0 unspecified atom stereocenters. The van der Waals surface area contributed by atoms with Gasteiger partial charge in [0.1, 0.15) is 5.52 Å². The topological polar surface area (TPSA) is 75.4 Å². The number of rotatable bonds is 6. The first-order chi connectivity index (χ1) is 14.6. The van der Waals surface area contributed by atoms with E-state index in [0.717, 1.165) is 29.8 Å². The van der Waals surface area contributed by atoms with Crippen molar-refractivity contribution in [2.45, 2.75) is 31.6 Å². The smallest absolute Gasteiger partial charge is 0.251 e. The van der Waals surface area contributed by atoms with Gasteiger partial charge in [-0.3, -0.25) is 9.59 Å². The van der Waals surface area contributed by atoms with E-state index in [1.54, 1.807) is 24.3 Å². The number of halogens is 1. The average molecular weight is 426 g/mol. The van der Waals surface area contributed by atoms with Gasteiger partial charge in [-0.2, -0.15) is 0 Å². The molecule has 3 aromatic rings. The molecule has 1 aliphatic heterocycles. The average Bonchev–Trinajstić information content (AvgIpc) is 3.21. The van der Waals surface area contributed by atoms with Gasteiger partial charge in [-0.05, 0) is 55.7 Å². The molecule has 1 aromatic heterocycles. The highest BCUT2D eigenvalue weighted by Crippen LogP contribution is 2.30. The summed E-state index contributed by atoms with van der Waals surface area (Å²) >= 11 is 5.83. The molecule has 2 heterocycles. The van der Waals surface area contributed by atoms with Gasteiger partial charge in [0, 0.05) is 42.6 Å². The Balaban J connectivity index is 1.19. The summed E-state index contributed by atoms with van der Waals surface area (Å²) in [4.78, 5) is 31.1. The molecule has 0 atom stereocenters. The standard InChI is InChI=1S/C23H24ClN3O3/c24-18-9-7-16(8-10-18)22(29)25-13-3-6-21(28)27-14-11-17(12-15-27)23-26-19-4-1-2-5-20(19)30-23/h1-2,4-5,7-10,17H,3,6,11-15H2,(H,25,29). The third-order valence-electron chi connectivity index (χ3n) is 5.47. The van der Waals surface area contributed by atoms with Gasteiger partial charge in [0.25, 0.3) is 5.91 Å². The molecule has 1 fully saturated rings. The van der Waals surface area contributed by atoms with Gasteiger partial charge in [-0.1, -0.05) is 23.7 Å². The van der Waals surface area contributed by atoms with Crippen molar-refractivity contribution >= 4 is 34.5 Å². The van der Waals surface area contributed by atoms with Gasteiger partial charge in [0.15, 0.2) is 11.5 Å². The van der Waals surface area contributed by atoms with E-state index in [1.165, 1.54) is 0 Å². The zero-order chi connectivity index (χ0) is 20.9. The number of carbonyl (C=O) groups is 2. The second kappa shape index (κ2) is 9.30. The normalized spacial score (nSPS) is 14.8. The van der Waals surface area contributed by atoms with E-state index in [4.69, 9.17) is 16.0 Å². The maximum Gasteiger partial charge on any atom is 0.251 e. The highest BCUT2D eigenvalue weighted by atomic mass is 35.5. The first-order valence-electron chi connectivity index (χ1n) is 10.3. The van der Waals surface area contributed by atoms with Crippen molar-refractivity contribution in [2.75, 3.05) is 19.6 Å². The fourth-order valence-electron chi connectivity index (χ4n) is 3.74. The van der Waals surface area contributed by atoms with Crippen molar-refractivity contribution in [3.63, 3.8) is 0 Å². The monoisotopic (exact) mass is 425 g/mol. The van der Waals surface area contributed by atoms with E-state index < -0.39 is 0 Å². The molecule has 2 aromatic carbocycles. The lowest BCUT2D eigenvalue weighted by Gasteiger charge is -2.30. The predicted octanol–water partition coefficient (Wildman–Crippen LogP) is 4.40. The molecule has 4 rings (SSSR count). The minimum Gasteiger partial charge on any atom is -0.440 e. The SMILES string of the molecule is O=C(NCCCC(=O)N1CCC(c2nc3ccccc3o2)CC1)c1ccc(Cl)cc1. The minimum absolute atomic E-state index is 0.131. The Labute approximate surface area is 180 Å². The Morgan fingerprint density at radius 1 is 1.10 bits per heavy atom. The van der Waals surface area contributed by atoms with Crippen LogP contribution in [0.15, 0.2) is 52.9 Å².